The number of aromatic carboxylic acids is 1. The molecular formula is C16H12N2O4S. The number of aromatic amines is 1. The van der Waals surface area contributed by atoms with Crippen LogP contribution in [0.15, 0.2) is 46.6 Å². The highest BCUT2D eigenvalue weighted by Gasteiger charge is 2.12. The molecule has 0 atom stereocenters. The molecule has 0 aliphatic heterocycles. The van der Waals surface area contributed by atoms with Gasteiger partial charge in [0.15, 0.2) is 0 Å². The molecule has 0 aliphatic rings. The minimum absolute atomic E-state index is 0.0829. The van der Waals surface area contributed by atoms with Crippen LogP contribution in [0.5, 0.6) is 0 Å². The number of carboxylic acid groups (broad SMARTS) is 1. The molecule has 0 unspecified atom stereocenters. The number of anilines is 1. The molecule has 0 saturated heterocycles. The molecular weight excluding hydrogens is 316 g/mol. The zero-order chi connectivity index (χ0) is 16.4. The average Bonchev–Trinajstić information content (AvgIpc) is 2.96. The summed E-state index contributed by atoms with van der Waals surface area (Å²) in [6, 6.07) is 10.4. The summed E-state index contributed by atoms with van der Waals surface area (Å²) in [6.45, 7) is 0. The van der Waals surface area contributed by atoms with Crippen LogP contribution in [0, 0.1) is 0 Å². The lowest BCUT2D eigenvalue weighted by Gasteiger charge is -2.04. The van der Waals surface area contributed by atoms with Crippen molar-refractivity contribution in [1.29, 1.82) is 0 Å². The minimum atomic E-state index is -1.05. The zero-order valence-electron chi connectivity index (χ0n) is 11.8. The third-order valence-corrected chi connectivity index (χ3v) is 4.14. The Morgan fingerprint density at radius 3 is 2.74 bits per heavy atom. The molecule has 0 saturated carbocycles. The summed E-state index contributed by atoms with van der Waals surface area (Å²) in [6.07, 6.45) is -0.0829. The quantitative estimate of drug-likeness (QED) is 0.685. The highest BCUT2D eigenvalue weighted by Crippen LogP contribution is 2.20. The van der Waals surface area contributed by atoms with Crippen LogP contribution in [-0.2, 0) is 11.2 Å². The van der Waals surface area contributed by atoms with Crippen molar-refractivity contribution < 1.29 is 14.7 Å². The lowest BCUT2D eigenvalue weighted by atomic mass is 10.1. The van der Waals surface area contributed by atoms with Gasteiger partial charge in [0.25, 0.3) is 5.56 Å². The molecule has 116 valence electrons. The molecule has 0 spiro atoms. The van der Waals surface area contributed by atoms with E-state index in [0.717, 1.165) is 16.7 Å². The highest BCUT2D eigenvalue weighted by molar-refractivity contribution is 7.14. The second-order valence-corrected chi connectivity index (χ2v) is 5.85. The van der Waals surface area contributed by atoms with E-state index in [1.807, 2.05) is 18.2 Å². The summed E-state index contributed by atoms with van der Waals surface area (Å²) in [4.78, 5) is 37.6. The molecule has 0 bridgehead atoms. The van der Waals surface area contributed by atoms with Gasteiger partial charge in [-0.2, -0.15) is 0 Å². The molecule has 7 heteroatoms. The van der Waals surface area contributed by atoms with Gasteiger partial charge < -0.3 is 15.4 Å². The van der Waals surface area contributed by atoms with Crippen LogP contribution in [-0.4, -0.2) is 22.0 Å². The van der Waals surface area contributed by atoms with Gasteiger partial charge in [0.05, 0.1) is 17.0 Å². The van der Waals surface area contributed by atoms with Crippen LogP contribution in [0.1, 0.15) is 15.9 Å². The van der Waals surface area contributed by atoms with Crippen LogP contribution >= 0.6 is 11.3 Å². The van der Waals surface area contributed by atoms with E-state index in [4.69, 9.17) is 5.11 Å². The highest BCUT2D eigenvalue weighted by atomic mass is 32.1. The first-order valence-electron chi connectivity index (χ1n) is 6.75. The Bertz CT molecular complexity index is 958. The lowest BCUT2D eigenvalue weighted by Crippen LogP contribution is -2.20. The van der Waals surface area contributed by atoms with Crippen LogP contribution in [0.4, 0.5) is 5.00 Å². The fourth-order valence-electron chi connectivity index (χ4n) is 2.19. The van der Waals surface area contributed by atoms with Crippen LogP contribution in [0.3, 0.4) is 0 Å². The van der Waals surface area contributed by atoms with Crippen molar-refractivity contribution in [3.05, 3.63) is 63.3 Å². The van der Waals surface area contributed by atoms with Gasteiger partial charge >= 0.3 is 5.97 Å². The third kappa shape index (κ3) is 3.29. The molecule has 2 heterocycles. The Labute approximate surface area is 134 Å². The second-order valence-electron chi connectivity index (χ2n) is 4.94. The van der Waals surface area contributed by atoms with Gasteiger partial charge in [-0.1, -0.05) is 18.2 Å². The summed E-state index contributed by atoms with van der Waals surface area (Å²) >= 11 is 1.12. The smallest absolute Gasteiger partial charge is 0.336 e. The number of pyridine rings is 1. The van der Waals surface area contributed by atoms with Gasteiger partial charge in [-0.25, -0.2) is 4.79 Å². The van der Waals surface area contributed by atoms with E-state index in [9.17, 15) is 14.4 Å². The van der Waals surface area contributed by atoms with E-state index in [-0.39, 0.29) is 23.5 Å². The van der Waals surface area contributed by atoms with Gasteiger partial charge in [-0.05, 0) is 23.6 Å². The van der Waals surface area contributed by atoms with Crippen LogP contribution < -0.4 is 10.9 Å². The van der Waals surface area contributed by atoms with Crippen molar-refractivity contribution in [2.24, 2.45) is 0 Å². The Kier molecular flexibility index (Phi) is 3.94. The van der Waals surface area contributed by atoms with E-state index in [1.165, 1.54) is 11.4 Å². The number of carbonyl (C=O) groups is 2. The zero-order valence-corrected chi connectivity index (χ0v) is 12.6. The Balaban J connectivity index is 1.78. The number of carbonyl (C=O) groups excluding carboxylic acids is 1. The number of fused-ring (bicyclic) bond motifs is 1. The van der Waals surface area contributed by atoms with Gasteiger partial charge in [0.1, 0.15) is 0 Å². The molecule has 3 aromatic rings. The number of H-pyrrole nitrogens is 1. The topological polar surface area (TPSA) is 99.3 Å². The number of rotatable bonds is 4. The number of benzene rings is 1. The maximum Gasteiger partial charge on any atom is 0.336 e. The van der Waals surface area contributed by atoms with E-state index < -0.39 is 5.97 Å². The molecule has 3 N–H and O–H groups in total. The lowest BCUT2D eigenvalue weighted by molar-refractivity contribution is -0.115. The van der Waals surface area contributed by atoms with E-state index in [1.54, 1.807) is 12.1 Å². The van der Waals surface area contributed by atoms with Gasteiger partial charge in [0, 0.05) is 16.5 Å². The first-order chi connectivity index (χ1) is 11.0. The van der Waals surface area contributed by atoms with Crippen molar-refractivity contribution in [1.82, 2.24) is 4.98 Å². The summed E-state index contributed by atoms with van der Waals surface area (Å²) in [5.41, 5.74) is 0.882. The fraction of sp³-hybridized carbons (Fsp3) is 0.0625. The number of hydrogen-bond donors (Lipinski definition) is 3. The van der Waals surface area contributed by atoms with E-state index >= 15 is 0 Å². The second kappa shape index (κ2) is 6.05. The molecule has 0 radical (unpaired) electrons. The van der Waals surface area contributed by atoms with Crippen LogP contribution in [0.25, 0.3) is 10.9 Å². The van der Waals surface area contributed by atoms with E-state index in [0.29, 0.717) is 16.1 Å². The van der Waals surface area contributed by atoms with Crippen molar-refractivity contribution in [3.63, 3.8) is 0 Å². The number of aromatic nitrogens is 1. The normalized spacial score (nSPS) is 10.6. The largest absolute Gasteiger partial charge is 0.478 e. The molecule has 3 rings (SSSR count). The molecule has 1 aromatic carbocycles. The number of thiophene rings is 1. The Morgan fingerprint density at radius 2 is 2.00 bits per heavy atom. The van der Waals surface area contributed by atoms with Crippen molar-refractivity contribution in [2.45, 2.75) is 6.42 Å². The first kappa shape index (κ1) is 15.0. The third-order valence-electron chi connectivity index (χ3n) is 3.29. The van der Waals surface area contributed by atoms with Crippen LogP contribution in [0.2, 0.25) is 0 Å². The molecule has 1 amide bonds. The van der Waals surface area contributed by atoms with Gasteiger partial charge in [-0.15, -0.1) is 11.3 Å². The standard InChI is InChI=1S/C16H12N2O4S/c19-13(18-14-7-11(8-23-14)16(21)22)6-10-5-9-3-1-2-4-12(9)17-15(10)20/h1-5,7-8H,6H2,(H,17,20)(H,18,19)(H,21,22). The summed E-state index contributed by atoms with van der Waals surface area (Å²) < 4.78 is 0. The van der Waals surface area contributed by atoms with Crippen molar-refractivity contribution >= 4 is 39.1 Å². The number of carboxylic acids is 1. The average molecular weight is 328 g/mol. The monoisotopic (exact) mass is 328 g/mol. The Hall–Kier alpha value is -2.93. The maximum absolute atomic E-state index is 12.0. The predicted octanol–water partition coefficient (Wildman–Crippen LogP) is 2.47. The number of hydrogen-bond acceptors (Lipinski definition) is 4. The molecule has 23 heavy (non-hydrogen) atoms. The number of amides is 1. The van der Waals surface area contributed by atoms with Gasteiger partial charge in [-0.3, -0.25) is 9.59 Å². The molecule has 0 aliphatic carbocycles. The minimum Gasteiger partial charge on any atom is -0.478 e. The maximum atomic E-state index is 12.0. The number of nitrogens with one attached hydrogen (secondary N) is 2. The predicted molar refractivity (Wildman–Crippen MR) is 88.2 cm³/mol. The fourth-order valence-corrected chi connectivity index (χ4v) is 2.98. The number of para-hydroxylation sites is 1. The first-order valence-corrected chi connectivity index (χ1v) is 7.63. The van der Waals surface area contributed by atoms with E-state index in [2.05, 4.69) is 10.3 Å². The Morgan fingerprint density at radius 1 is 1.22 bits per heavy atom. The van der Waals surface area contributed by atoms with Gasteiger partial charge in [0.2, 0.25) is 5.91 Å². The molecule has 0 fully saturated rings. The summed E-state index contributed by atoms with van der Waals surface area (Å²) in [5.74, 6) is -1.42. The SMILES string of the molecule is O=C(Cc1cc2ccccc2[nH]c1=O)Nc1cc(C(=O)O)cs1. The summed E-state index contributed by atoms with van der Waals surface area (Å²) in [5, 5.41) is 14.2. The molecule has 6 nitrogen and oxygen atoms in total. The van der Waals surface area contributed by atoms with Crippen molar-refractivity contribution in [2.75, 3.05) is 5.32 Å². The summed E-state index contributed by atoms with van der Waals surface area (Å²) in [7, 11) is 0. The molecule has 2 aromatic heterocycles. The van der Waals surface area contributed by atoms with Crippen molar-refractivity contribution in [3.8, 4) is 0 Å².